The van der Waals surface area contributed by atoms with Gasteiger partial charge in [-0.15, -0.1) is 0 Å². The zero-order valence-corrected chi connectivity index (χ0v) is 31.8. The average molecular weight is 788 g/mol. The van der Waals surface area contributed by atoms with Crippen molar-refractivity contribution in [2.24, 2.45) is 0 Å². The minimum absolute atomic E-state index is 0.0819. The van der Waals surface area contributed by atoms with E-state index < -0.39 is 145 Å². The third-order valence-electron chi connectivity index (χ3n) is 10.7. The van der Waals surface area contributed by atoms with E-state index in [1.807, 2.05) is 103 Å². The second kappa shape index (κ2) is 14.2. The number of phenolic OH excluding ortho intramolecular Hbond substituents is 1. The maximum absolute atomic E-state index is 11.9. The molecule has 0 saturated heterocycles. The first-order valence-corrected chi connectivity index (χ1v) is 20.7. The Labute approximate surface area is 369 Å². The molecule has 10 aromatic rings. The smallest absolute Gasteiger partial charge is 0.202 e. The van der Waals surface area contributed by atoms with Crippen LogP contribution in [0.25, 0.3) is 49.7 Å². The van der Waals surface area contributed by atoms with Crippen molar-refractivity contribution in [1.82, 2.24) is 4.57 Å². The first-order chi connectivity index (χ1) is 36.3. The largest absolute Gasteiger partial charge is 0.507 e. The van der Waals surface area contributed by atoms with E-state index in [4.69, 9.17) is 19.8 Å². The summed E-state index contributed by atoms with van der Waals surface area (Å²) >= 11 is 0. The van der Waals surface area contributed by atoms with Gasteiger partial charge in [0, 0.05) is 22.0 Å². The topological polar surface area (TPSA) is 34.4 Å². The highest BCUT2D eigenvalue weighted by Crippen LogP contribution is 2.38. The number of benzene rings is 9. The Morgan fingerprint density at radius 2 is 1.07 bits per heavy atom. The second-order valence-electron chi connectivity index (χ2n) is 13.9. The molecular formula is C54H37BNO2Si. The van der Waals surface area contributed by atoms with Crippen LogP contribution in [0.2, 0.25) is 0 Å². The number of aromatic nitrogens is 1. The number of ether oxygens (including phenoxy) is 1. The van der Waals surface area contributed by atoms with Gasteiger partial charge in [0.1, 0.15) is 17.2 Å². The molecule has 1 aliphatic rings. The summed E-state index contributed by atoms with van der Waals surface area (Å²) in [5.41, 5.74) is -2.53. The van der Waals surface area contributed by atoms with E-state index in [-0.39, 0.29) is 38.6 Å². The highest BCUT2D eigenvalue weighted by atomic mass is 28.3. The molecule has 1 N–H and O–H groups in total. The maximum atomic E-state index is 11.9. The van der Waals surface area contributed by atoms with Crippen LogP contribution >= 0.6 is 0 Å². The SMILES string of the molecule is [2H]c1c([2H])c([2H])c(-c2c([2H])c(-c3ccccc3[Si](c3ccccc3)(c3ccccc3)c3ccccc3)c([2H])c3c2[B]c2c([2H])c(-n4c5c([2H])c([2H])c([2H])c([2H])c5c5c([2H])c([2H])c([2H])c([2H])c54)c([2H])c([2H])c2O3)c(O)c1[2H]. The molecule has 11 rings (SSSR count). The van der Waals surface area contributed by atoms with Gasteiger partial charge in [-0.25, -0.2) is 0 Å². The van der Waals surface area contributed by atoms with E-state index in [9.17, 15) is 13.3 Å². The van der Waals surface area contributed by atoms with Crippen LogP contribution in [0.15, 0.2) is 218 Å². The van der Waals surface area contributed by atoms with Gasteiger partial charge in [0.15, 0.2) is 8.07 Å². The summed E-state index contributed by atoms with van der Waals surface area (Å²) < 4.78 is 162. The van der Waals surface area contributed by atoms with Crippen molar-refractivity contribution in [3.63, 3.8) is 0 Å². The van der Waals surface area contributed by atoms with Crippen LogP contribution < -0.4 is 36.4 Å². The minimum atomic E-state index is -3.50. The zero-order valence-electron chi connectivity index (χ0n) is 47.8. The Balaban J connectivity index is 1.26. The summed E-state index contributed by atoms with van der Waals surface area (Å²) in [4.78, 5) is 0. The molecule has 0 aliphatic carbocycles. The summed E-state index contributed by atoms with van der Waals surface area (Å²) in [6, 6.07) is 24.9. The van der Waals surface area contributed by atoms with Gasteiger partial charge in [-0.1, -0.05) is 170 Å². The summed E-state index contributed by atoms with van der Waals surface area (Å²) in [6.45, 7) is 0. The van der Waals surface area contributed by atoms with E-state index >= 15 is 0 Å². The van der Waals surface area contributed by atoms with E-state index in [0.717, 1.165) is 20.1 Å². The third kappa shape index (κ3) is 5.65. The van der Waals surface area contributed by atoms with Crippen molar-refractivity contribution in [1.29, 1.82) is 0 Å². The molecule has 1 aromatic heterocycles. The Hall–Kier alpha value is -7.34. The van der Waals surface area contributed by atoms with Crippen LogP contribution in [-0.2, 0) is 0 Å². The van der Waals surface area contributed by atoms with Gasteiger partial charge in [0.25, 0.3) is 0 Å². The molecule has 0 bridgehead atoms. The molecule has 1 radical (unpaired) electrons. The fourth-order valence-corrected chi connectivity index (χ4v) is 13.2. The highest BCUT2D eigenvalue weighted by Gasteiger charge is 2.43. The predicted octanol–water partition coefficient (Wildman–Crippen LogP) is 8.96. The Morgan fingerprint density at radius 3 is 1.71 bits per heavy atom. The molecule has 5 heteroatoms. The number of rotatable bonds is 7. The van der Waals surface area contributed by atoms with Gasteiger partial charge in [-0.05, 0) is 96.7 Å². The monoisotopic (exact) mass is 787 g/mol. The maximum Gasteiger partial charge on any atom is 0.202 e. The van der Waals surface area contributed by atoms with Crippen molar-refractivity contribution in [2.75, 3.05) is 0 Å². The van der Waals surface area contributed by atoms with Crippen LogP contribution in [0.3, 0.4) is 0 Å². The minimum Gasteiger partial charge on any atom is -0.507 e. The quantitative estimate of drug-likeness (QED) is 0.129. The predicted molar refractivity (Wildman–Crippen MR) is 248 cm³/mol. The highest BCUT2D eigenvalue weighted by molar-refractivity contribution is 7.20. The molecule has 0 saturated carbocycles. The first-order valence-electron chi connectivity index (χ1n) is 27.2. The number of nitrogens with zero attached hydrogens (tertiary/aromatic N) is 1. The van der Waals surface area contributed by atoms with Crippen LogP contribution in [0.4, 0.5) is 0 Å². The second-order valence-corrected chi connectivity index (χ2v) is 17.6. The lowest BCUT2D eigenvalue weighted by Gasteiger charge is -2.36. The van der Waals surface area contributed by atoms with Gasteiger partial charge in [-0.3, -0.25) is 0 Å². The number of aromatic hydroxyl groups is 1. The van der Waals surface area contributed by atoms with Crippen molar-refractivity contribution in [3.8, 4) is 45.2 Å². The third-order valence-corrected chi connectivity index (χ3v) is 15.5. The van der Waals surface area contributed by atoms with Gasteiger partial charge >= 0.3 is 0 Å². The molecule has 9 aromatic carbocycles. The van der Waals surface area contributed by atoms with Gasteiger partial charge in [0.2, 0.25) is 7.28 Å². The summed E-state index contributed by atoms with van der Waals surface area (Å²) in [5, 5.41) is 14.8. The molecule has 0 fully saturated rings. The van der Waals surface area contributed by atoms with Crippen LogP contribution in [0, 0.1) is 0 Å². The molecule has 1 aliphatic heterocycles. The molecule has 0 amide bonds. The first kappa shape index (κ1) is 21.4. The molecule has 3 nitrogen and oxygen atoms in total. The molecule has 0 spiro atoms. The van der Waals surface area contributed by atoms with E-state index in [1.54, 1.807) is 12.1 Å². The van der Waals surface area contributed by atoms with E-state index in [1.165, 1.54) is 7.28 Å². The standard InChI is InChI=1S/C54H37BNO2Si/c57-50-30-16-12-27-45(50)46-34-37(42-24-13-17-31-53(42)59(39-18-4-1-5-19-39,40-20-6-2-7-21-40)41-22-8-3-9-23-41)35-52-54(46)55-47-36-38(32-33-51(47)58-52)56-48-28-14-10-25-43(48)44-26-11-15-29-49(44)56/h1-36,57H/i10D,11D,12D,14D,15D,16D,25D,26D,27D,28D,29D,30D,32D,33D,34D,35D,36D. The number of hydrogen-bond acceptors (Lipinski definition) is 2. The van der Waals surface area contributed by atoms with Crippen molar-refractivity contribution >= 4 is 68.8 Å². The zero-order chi connectivity index (χ0) is 54.1. The number of fused-ring (bicyclic) bond motifs is 5. The number of hydrogen-bond donors (Lipinski definition) is 1. The fourth-order valence-electron chi connectivity index (χ4n) is 8.20. The lowest BCUT2D eigenvalue weighted by Crippen LogP contribution is -2.75. The molecular weight excluding hydrogens is 733 g/mol. The summed E-state index contributed by atoms with van der Waals surface area (Å²) in [7, 11) is -2.27. The van der Waals surface area contributed by atoms with E-state index in [2.05, 4.69) is 0 Å². The van der Waals surface area contributed by atoms with Gasteiger partial charge < -0.3 is 14.4 Å². The molecule has 0 unspecified atom stereocenters. The summed E-state index contributed by atoms with van der Waals surface area (Å²) in [6.07, 6.45) is 0. The normalized spacial score (nSPS) is 16.1. The average Bonchev–Trinajstić information content (AvgIpc) is 3.82. The Bertz CT molecular complexity index is 3960. The molecule has 0 atom stereocenters. The molecule has 277 valence electrons. The number of para-hydroxylation sites is 3. The van der Waals surface area contributed by atoms with Gasteiger partial charge in [0.05, 0.1) is 34.3 Å². The Morgan fingerprint density at radius 1 is 0.508 bits per heavy atom. The van der Waals surface area contributed by atoms with Crippen LogP contribution in [0.1, 0.15) is 23.3 Å². The van der Waals surface area contributed by atoms with Crippen molar-refractivity contribution in [2.45, 2.75) is 0 Å². The van der Waals surface area contributed by atoms with E-state index in [0.29, 0.717) is 10.8 Å². The molecule has 59 heavy (non-hydrogen) atoms. The number of phenols is 1. The Kier molecular flexibility index (Phi) is 5.17. The van der Waals surface area contributed by atoms with Crippen molar-refractivity contribution < 1.29 is 33.1 Å². The van der Waals surface area contributed by atoms with Gasteiger partial charge in [-0.2, -0.15) is 0 Å². The van der Waals surface area contributed by atoms with Crippen molar-refractivity contribution in [3.05, 3.63) is 218 Å². The lowest BCUT2D eigenvalue weighted by atomic mass is 9.59. The summed E-state index contributed by atoms with van der Waals surface area (Å²) in [5.74, 6) is -1.75. The lowest BCUT2D eigenvalue weighted by molar-refractivity contribution is 0.477. The van der Waals surface area contributed by atoms with Crippen LogP contribution in [-0.4, -0.2) is 25.0 Å². The van der Waals surface area contributed by atoms with Crippen LogP contribution in [0.5, 0.6) is 17.2 Å². The molecule has 2 heterocycles. The fraction of sp³-hybridized carbons (Fsp3) is 0.